The van der Waals surface area contributed by atoms with Gasteiger partial charge in [-0.3, -0.25) is 9.97 Å². The lowest BCUT2D eigenvalue weighted by molar-refractivity contribution is 0.399. The van der Waals surface area contributed by atoms with Gasteiger partial charge in [0.05, 0.1) is 13.3 Å². The van der Waals surface area contributed by atoms with Crippen LogP contribution in [0.15, 0.2) is 41.3 Å². The van der Waals surface area contributed by atoms with Crippen molar-refractivity contribution < 1.29 is 4.74 Å². The Kier molecular flexibility index (Phi) is 4.87. The van der Waals surface area contributed by atoms with Crippen LogP contribution in [0.3, 0.4) is 0 Å². The van der Waals surface area contributed by atoms with E-state index in [0.29, 0.717) is 0 Å². The Labute approximate surface area is 121 Å². The molecular formula is C14H16BrN3O. The fraction of sp³-hybridized carbons (Fsp3) is 0.286. The highest BCUT2D eigenvalue weighted by Gasteiger charge is 2.15. The maximum atomic E-state index is 5.35. The highest BCUT2D eigenvalue weighted by Crippen LogP contribution is 2.26. The van der Waals surface area contributed by atoms with Gasteiger partial charge in [-0.2, -0.15) is 0 Å². The van der Waals surface area contributed by atoms with Crippen LogP contribution in [0.2, 0.25) is 0 Å². The summed E-state index contributed by atoms with van der Waals surface area (Å²) >= 11 is 3.39. The number of rotatable bonds is 5. The molecular weight excluding hydrogens is 306 g/mol. The molecule has 100 valence electrons. The van der Waals surface area contributed by atoms with Crippen molar-refractivity contribution in [1.82, 2.24) is 15.3 Å². The van der Waals surface area contributed by atoms with Gasteiger partial charge in [0.25, 0.3) is 0 Å². The second-order valence-corrected chi connectivity index (χ2v) is 5.05. The number of pyridine rings is 2. The number of hydrogen-bond donors (Lipinski definition) is 1. The molecule has 0 aliphatic heterocycles. The number of hydrogen-bond acceptors (Lipinski definition) is 4. The number of likely N-dealkylation sites (N-methyl/N-ethyl adjacent to an activating group) is 1. The van der Waals surface area contributed by atoms with Crippen molar-refractivity contribution >= 4 is 15.9 Å². The molecule has 4 nitrogen and oxygen atoms in total. The van der Waals surface area contributed by atoms with Crippen LogP contribution in [-0.2, 0) is 6.42 Å². The van der Waals surface area contributed by atoms with Crippen molar-refractivity contribution in [3.8, 4) is 5.75 Å². The molecule has 0 fully saturated rings. The normalized spacial score (nSPS) is 12.2. The zero-order valence-corrected chi connectivity index (χ0v) is 12.5. The van der Waals surface area contributed by atoms with E-state index in [2.05, 4.69) is 31.2 Å². The summed E-state index contributed by atoms with van der Waals surface area (Å²) in [6.07, 6.45) is 6.11. The van der Waals surface area contributed by atoms with Gasteiger partial charge in [-0.05, 0) is 41.2 Å². The molecule has 0 radical (unpaired) electrons. The molecule has 2 aromatic rings. The predicted octanol–water partition coefficient (Wildman–Crippen LogP) is 2.75. The third kappa shape index (κ3) is 3.52. The largest absolute Gasteiger partial charge is 0.495 e. The Hall–Kier alpha value is -1.46. The van der Waals surface area contributed by atoms with E-state index < -0.39 is 0 Å². The van der Waals surface area contributed by atoms with Crippen molar-refractivity contribution in [3.05, 3.63) is 52.5 Å². The molecule has 0 aliphatic carbocycles. The van der Waals surface area contributed by atoms with E-state index in [1.807, 2.05) is 31.4 Å². The molecule has 19 heavy (non-hydrogen) atoms. The van der Waals surface area contributed by atoms with Crippen LogP contribution in [0.4, 0.5) is 0 Å². The minimum Gasteiger partial charge on any atom is -0.495 e. The summed E-state index contributed by atoms with van der Waals surface area (Å²) in [4.78, 5) is 8.48. The Morgan fingerprint density at radius 2 is 2.16 bits per heavy atom. The Bertz CT molecular complexity index is 530. The highest BCUT2D eigenvalue weighted by molar-refractivity contribution is 9.10. The van der Waals surface area contributed by atoms with Gasteiger partial charge in [0.1, 0.15) is 5.75 Å². The van der Waals surface area contributed by atoms with Crippen LogP contribution < -0.4 is 10.1 Å². The number of nitrogens with zero attached hydrogens (tertiary/aromatic N) is 2. The van der Waals surface area contributed by atoms with Crippen LogP contribution in [0.25, 0.3) is 0 Å². The van der Waals surface area contributed by atoms with E-state index in [4.69, 9.17) is 4.74 Å². The van der Waals surface area contributed by atoms with Gasteiger partial charge in [-0.25, -0.2) is 0 Å². The SMILES string of the molecule is CNC(Cc1ccc(Br)cn1)c1ccncc1OC. The zero-order valence-electron chi connectivity index (χ0n) is 10.9. The topological polar surface area (TPSA) is 47.0 Å². The van der Waals surface area contributed by atoms with Gasteiger partial charge in [-0.1, -0.05) is 0 Å². The van der Waals surface area contributed by atoms with Crippen molar-refractivity contribution in [3.63, 3.8) is 0 Å². The highest BCUT2D eigenvalue weighted by atomic mass is 79.9. The van der Waals surface area contributed by atoms with Crippen LogP contribution in [0, 0.1) is 0 Å². The fourth-order valence-electron chi connectivity index (χ4n) is 1.95. The molecule has 1 N–H and O–H groups in total. The van der Waals surface area contributed by atoms with Crippen molar-refractivity contribution in [2.24, 2.45) is 0 Å². The second kappa shape index (κ2) is 6.63. The van der Waals surface area contributed by atoms with Crippen LogP contribution in [0.5, 0.6) is 5.75 Å². The third-order valence-electron chi connectivity index (χ3n) is 2.96. The van der Waals surface area contributed by atoms with Gasteiger partial charge in [0.2, 0.25) is 0 Å². The van der Waals surface area contributed by atoms with Crippen molar-refractivity contribution in [2.45, 2.75) is 12.5 Å². The molecule has 2 rings (SSSR count). The molecule has 2 heterocycles. The van der Waals surface area contributed by atoms with E-state index in [-0.39, 0.29) is 6.04 Å². The lowest BCUT2D eigenvalue weighted by Crippen LogP contribution is -2.20. The van der Waals surface area contributed by atoms with Gasteiger partial charge < -0.3 is 10.1 Å². The molecule has 1 atom stereocenters. The maximum Gasteiger partial charge on any atom is 0.141 e. The van der Waals surface area contributed by atoms with Crippen molar-refractivity contribution in [1.29, 1.82) is 0 Å². The van der Waals surface area contributed by atoms with E-state index in [0.717, 1.165) is 27.9 Å². The standard InChI is InChI=1S/C14H16BrN3O/c1-16-13(7-11-4-3-10(15)8-18-11)12-5-6-17-9-14(12)19-2/h3-6,8-9,13,16H,7H2,1-2H3. The van der Waals surface area contributed by atoms with E-state index in [9.17, 15) is 0 Å². The smallest absolute Gasteiger partial charge is 0.141 e. The molecule has 0 spiro atoms. The summed E-state index contributed by atoms with van der Waals surface area (Å²) in [6.45, 7) is 0. The molecule has 1 unspecified atom stereocenters. The minimum absolute atomic E-state index is 0.145. The summed E-state index contributed by atoms with van der Waals surface area (Å²) in [5, 5.41) is 3.30. The van der Waals surface area contributed by atoms with Gasteiger partial charge >= 0.3 is 0 Å². The molecule has 0 aromatic carbocycles. The van der Waals surface area contributed by atoms with E-state index in [1.165, 1.54) is 0 Å². The molecule has 0 bridgehead atoms. The van der Waals surface area contributed by atoms with Gasteiger partial charge in [-0.15, -0.1) is 0 Å². The summed E-state index contributed by atoms with van der Waals surface area (Å²) < 4.78 is 6.34. The molecule has 0 aliphatic rings. The first kappa shape index (κ1) is 14.0. The number of methoxy groups -OCH3 is 1. The predicted molar refractivity (Wildman–Crippen MR) is 78.2 cm³/mol. The molecule has 0 amide bonds. The maximum absolute atomic E-state index is 5.35. The van der Waals surface area contributed by atoms with Crippen LogP contribution >= 0.6 is 15.9 Å². The summed E-state index contributed by atoms with van der Waals surface area (Å²) in [5.74, 6) is 0.791. The van der Waals surface area contributed by atoms with Crippen molar-refractivity contribution in [2.75, 3.05) is 14.2 Å². The first-order valence-electron chi connectivity index (χ1n) is 6.00. The molecule has 5 heteroatoms. The quantitative estimate of drug-likeness (QED) is 0.919. The average Bonchev–Trinajstić information content (AvgIpc) is 2.46. The van der Waals surface area contributed by atoms with E-state index in [1.54, 1.807) is 19.5 Å². The Morgan fingerprint density at radius 3 is 2.79 bits per heavy atom. The first-order chi connectivity index (χ1) is 9.24. The number of aromatic nitrogens is 2. The molecule has 2 aromatic heterocycles. The molecule has 0 saturated carbocycles. The minimum atomic E-state index is 0.145. The van der Waals surface area contributed by atoms with Gasteiger partial charge in [0.15, 0.2) is 0 Å². The second-order valence-electron chi connectivity index (χ2n) is 4.13. The summed E-state index contributed by atoms with van der Waals surface area (Å²) in [7, 11) is 3.59. The van der Waals surface area contributed by atoms with Gasteiger partial charge in [0, 0.05) is 40.6 Å². The van der Waals surface area contributed by atoms with Crippen LogP contribution in [-0.4, -0.2) is 24.1 Å². The zero-order chi connectivity index (χ0) is 13.7. The number of ether oxygens (including phenoxy) is 1. The van der Waals surface area contributed by atoms with E-state index >= 15 is 0 Å². The number of nitrogens with one attached hydrogen (secondary N) is 1. The average molecular weight is 322 g/mol. The Morgan fingerprint density at radius 1 is 1.32 bits per heavy atom. The molecule has 0 saturated heterocycles. The fourth-order valence-corrected chi connectivity index (χ4v) is 2.19. The Balaban J connectivity index is 2.22. The number of halogens is 1. The van der Waals surface area contributed by atoms with Crippen LogP contribution in [0.1, 0.15) is 17.3 Å². The first-order valence-corrected chi connectivity index (χ1v) is 6.79. The summed E-state index contributed by atoms with van der Waals surface area (Å²) in [5.41, 5.74) is 2.12. The lowest BCUT2D eigenvalue weighted by atomic mass is 10.0. The third-order valence-corrected chi connectivity index (χ3v) is 3.43. The lowest BCUT2D eigenvalue weighted by Gasteiger charge is -2.18. The monoisotopic (exact) mass is 321 g/mol. The summed E-state index contributed by atoms with van der Waals surface area (Å²) in [6, 6.07) is 6.13.